The van der Waals surface area contributed by atoms with E-state index in [1.807, 2.05) is 0 Å². The number of unbranched alkanes of at least 4 members (excludes halogenated alkanes) is 2. The van der Waals surface area contributed by atoms with E-state index in [-0.39, 0.29) is 12.4 Å². The predicted octanol–water partition coefficient (Wildman–Crippen LogP) is 1.87. The molecule has 0 aliphatic rings. The third-order valence-corrected chi connectivity index (χ3v) is 1.06. The molecule has 0 aromatic carbocycles. The van der Waals surface area contributed by atoms with Crippen LogP contribution >= 0.6 is 12.4 Å². The molecular weight excluding hydrogens is 154 g/mol. The van der Waals surface area contributed by atoms with Gasteiger partial charge in [-0.2, -0.15) is 0 Å². The van der Waals surface area contributed by atoms with E-state index < -0.39 is 6.09 Å². The molecule has 0 heterocycles. The van der Waals surface area contributed by atoms with Crippen LogP contribution in [0.3, 0.4) is 0 Å². The first kappa shape index (κ1) is 12.3. The summed E-state index contributed by atoms with van der Waals surface area (Å²) in [6.07, 6.45) is 2.25. The van der Waals surface area contributed by atoms with E-state index in [2.05, 4.69) is 12.2 Å². The summed E-state index contributed by atoms with van der Waals surface area (Å²) in [4.78, 5) is 9.85. The molecule has 0 aliphatic carbocycles. The summed E-state index contributed by atoms with van der Waals surface area (Å²) >= 11 is 0. The highest BCUT2D eigenvalue weighted by Crippen LogP contribution is 1.90. The fourth-order valence-corrected chi connectivity index (χ4v) is 0.570. The Morgan fingerprint density at radius 2 is 2.10 bits per heavy atom. The lowest BCUT2D eigenvalue weighted by atomic mass is 10.2. The smallest absolute Gasteiger partial charge is 0.404 e. The summed E-state index contributed by atoms with van der Waals surface area (Å²) in [6, 6.07) is 0. The number of amides is 1. The molecule has 1 amide bonds. The first-order valence-electron chi connectivity index (χ1n) is 3.24. The Balaban J connectivity index is 0. The second-order valence-electron chi connectivity index (χ2n) is 1.94. The largest absolute Gasteiger partial charge is 0.465 e. The number of hydrogen-bond donors (Lipinski definition) is 2. The molecule has 0 aliphatic heterocycles. The standard InChI is InChI=1S/C6H13NO2.ClH/c1-2-3-4-5-7-6(8)9;/h7H,2-5H2,1H3,(H,8,9);1H. The zero-order valence-corrected chi connectivity index (χ0v) is 6.91. The van der Waals surface area contributed by atoms with Gasteiger partial charge in [0.1, 0.15) is 0 Å². The van der Waals surface area contributed by atoms with Crippen molar-refractivity contribution >= 4 is 18.5 Å². The zero-order chi connectivity index (χ0) is 7.11. The van der Waals surface area contributed by atoms with Gasteiger partial charge < -0.3 is 10.4 Å². The van der Waals surface area contributed by atoms with Crippen molar-refractivity contribution in [2.75, 3.05) is 6.54 Å². The van der Waals surface area contributed by atoms with Gasteiger partial charge in [0.25, 0.3) is 0 Å². The van der Waals surface area contributed by atoms with Crippen molar-refractivity contribution in [3.63, 3.8) is 0 Å². The van der Waals surface area contributed by atoms with Crippen LogP contribution in [0, 0.1) is 0 Å². The Morgan fingerprint density at radius 1 is 1.50 bits per heavy atom. The summed E-state index contributed by atoms with van der Waals surface area (Å²) < 4.78 is 0. The lowest BCUT2D eigenvalue weighted by molar-refractivity contribution is 0.194. The molecule has 0 rings (SSSR count). The molecule has 0 unspecified atom stereocenters. The van der Waals surface area contributed by atoms with Crippen LogP contribution in [0.1, 0.15) is 26.2 Å². The number of carboxylic acid groups (broad SMARTS) is 1. The molecule has 0 saturated heterocycles. The van der Waals surface area contributed by atoms with E-state index in [1.54, 1.807) is 0 Å². The summed E-state index contributed by atoms with van der Waals surface area (Å²) in [7, 11) is 0. The van der Waals surface area contributed by atoms with Crippen LogP contribution in [-0.2, 0) is 0 Å². The highest BCUT2D eigenvalue weighted by Gasteiger charge is 1.90. The molecule has 0 spiro atoms. The number of hydrogen-bond acceptors (Lipinski definition) is 1. The molecule has 4 heteroatoms. The first-order chi connectivity index (χ1) is 4.27. The highest BCUT2D eigenvalue weighted by atomic mass is 35.5. The summed E-state index contributed by atoms with van der Waals surface area (Å²) in [6.45, 7) is 2.67. The molecule has 3 nitrogen and oxygen atoms in total. The van der Waals surface area contributed by atoms with E-state index in [0.29, 0.717) is 6.54 Å². The average Bonchev–Trinajstić information content (AvgIpc) is 1.80. The van der Waals surface area contributed by atoms with Gasteiger partial charge in [0.2, 0.25) is 0 Å². The van der Waals surface area contributed by atoms with Crippen LogP contribution in [-0.4, -0.2) is 17.7 Å². The van der Waals surface area contributed by atoms with Gasteiger partial charge in [-0.25, -0.2) is 4.79 Å². The van der Waals surface area contributed by atoms with Crippen LogP contribution in [0.25, 0.3) is 0 Å². The predicted molar refractivity (Wildman–Crippen MR) is 42.8 cm³/mol. The van der Waals surface area contributed by atoms with Gasteiger partial charge in [-0.15, -0.1) is 12.4 Å². The van der Waals surface area contributed by atoms with Crippen LogP contribution in [0.15, 0.2) is 0 Å². The van der Waals surface area contributed by atoms with Crippen molar-refractivity contribution in [1.82, 2.24) is 5.32 Å². The molecule has 0 radical (unpaired) electrons. The minimum Gasteiger partial charge on any atom is -0.465 e. The highest BCUT2D eigenvalue weighted by molar-refractivity contribution is 5.85. The maximum absolute atomic E-state index is 9.85. The monoisotopic (exact) mass is 167 g/mol. The minimum absolute atomic E-state index is 0. The minimum atomic E-state index is -0.925. The Morgan fingerprint density at radius 3 is 2.50 bits per heavy atom. The van der Waals surface area contributed by atoms with E-state index in [9.17, 15) is 4.79 Å². The quantitative estimate of drug-likeness (QED) is 0.628. The van der Waals surface area contributed by atoms with Crippen molar-refractivity contribution in [3.05, 3.63) is 0 Å². The third kappa shape index (κ3) is 10.5. The summed E-state index contributed by atoms with van der Waals surface area (Å²) in [5.41, 5.74) is 0. The van der Waals surface area contributed by atoms with Gasteiger partial charge >= 0.3 is 6.09 Å². The molecule has 2 N–H and O–H groups in total. The lowest BCUT2D eigenvalue weighted by Gasteiger charge is -1.96. The molecule has 0 aromatic heterocycles. The zero-order valence-electron chi connectivity index (χ0n) is 6.09. The average molecular weight is 168 g/mol. The maximum Gasteiger partial charge on any atom is 0.404 e. The van der Waals surface area contributed by atoms with E-state index >= 15 is 0 Å². The first-order valence-corrected chi connectivity index (χ1v) is 3.24. The second kappa shape index (κ2) is 8.56. The molecule has 0 saturated carbocycles. The summed E-state index contributed by atoms with van der Waals surface area (Å²) in [5.74, 6) is 0. The molecule has 0 aromatic rings. The van der Waals surface area contributed by atoms with Crippen molar-refractivity contribution in [2.24, 2.45) is 0 Å². The van der Waals surface area contributed by atoms with Crippen molar-refractivity contribution < 1.29 is 9.90 Å². The fraction of sp³-hybridized carbons (Fsp3) is 0.833. The number of carbonyl (C=O) groups is 1. The van der Waals surface area contributed by atoms with Gasteiger partial charge in [0, 0.05) is 6.54 Å². The molecule has 0 fully saturated rings. The Bertz CT molecular complexity index is 87.8. The van der Waals surface area contributed by atoms with Crippen LogP contribution < -0.4 is 5.32 Å². The van der Waals surface area contributed by atoms with Gasteiger partial charge in [0.05, 0.1) is 0 Å². The number of rotatable bonds is 4. The maximum atomic E-state index is 9.85. The molecule has 62 valence electrons. The van der Waals surface area contributed by atoms with E-state index in [0.717, 1.165) is 19.3 Å². The second-order valence-corrected chi connectivity index (χ2v) is 1.94. The van der Waals surface area contributed by atoms with E-state index in [1.165, 1.54) is 0 Å². The Labute approximate surface area is 67.2 Å². The topological polar surface area (TPSA) is 49.3 Å². The van der Waals surface area contributed by atoms with Gasteiger partial charge in [-0.1, -0.05) is 19.8 Å². The Kier molecular flexibility index (Phi) is 10.5. The lowest BCUT2D eigenvalue weighted by Crippen LogP contribution is -2.21. The van der Waals surface area contributed by atoms with Crippen molar-refractivity contribution in [2.45, 2.75) is 26.2 Å². The number of nitrogens with one attached hydrogen (secondary N) is 1. The number of halogens is 1. The van der Waals surface area contributed by atoms with Crippen LogP contribution in [0.5, 0.6) is 0 Å². The molecule has 0 atom stereocenters. The van der Waals surface area contributed by atoms with Crippen LogP contribution in [0.4, 0.5) is 4.79 Å². The molecular formula is C6H14ClNO2. The fourth-order valence-electron chi connectivity index (χ4n) is 0.570. The molecule has 0 bridgehead atoms. The Hall–Kier alpha value is -0.440. The molecule has 10 heavy (non-hydrogen) atoms. The normalized spacial score (nSPS) is 8.10. The van der Waals surface area contributed by atoms with Crippen molar-refractivity contribution in [3.8, 4) is 0 Å². The van der Waals surface area contributed by atoms with Gasteiger partial charge in [-0.3, -0.25) is 0 Å². The van der Waals surface area contributed by atoms with Crippen LogP contribution in [0.2, 0.25) is 0 Å². The third-order valence-electron chi connectivity index (χ3n) is 1.06. The van der Waals surface area contributed by atoms with E-state index in [4.69, 9.17) is 5.11 Å². The summed E-state index contributed by atoms with van der Waals surface area (Å²) in [5, 5.41) is 10.4. The van der Waals surface area contributed by atoms with Gasteiger partial charge in [-0.05, 0) is 6.42 Å². The van der Waals surface area contributed by atoms with Gasteiger partial charge in [0.15, 0.2) is 0 Å². The van der Waals surface area contributed by atoms with Crippen molar-refractivity contribution in [1.29, 1.82) is 0 Å². The SMILES string of the molecule is CCCCCNC(=O)O.Cl.